The lowest BCUT2D eigenvalue weighted by Crippen LogP contribution is -2.07. The number of hydrazine groups is 1. The van der Waals surface area contributed by atoms with Crippen LogP contribution in [0.4, 0.5) is 11.4 Å². The minimum atomic E-state index is -0.542. The zero-order valence-electron chi connectivity index (χ0n) is 9.40. The largest absolute Gasteiger partial charge is 0.423 e. The summed E-state index contributed by atoms with van der Waals surface area (Å²) < 4.78 is 6.74. The van der Waals surface area contributed by atoms with Crippen LogP contribution in [0.25, 0.3) is 0 Å². The number of nitro groups is 1. The Morgan fingerprint density at radius 3 is 2.83 bits per heavy atom. The van der Waals surface area contributed by atoms with Crippen LogP contribution in [0.3, 0.4) is 0 Å². The second kappa shape index (κ2) is 4.67. The number of rotatable bonds is 4. The predicted octanol–water partition coefficient (Wildman–Crippen LogP) is 0.801. The molecule has 0 aliphatic rings. The fourth-order valence-corrected chi connectivity index (χ4v) is 1.30. The second-order valence-corrected chi connectivity index (χ2v) is 3.42. The number of nitrogens with zero attached hydrogens (tertiary/aromatic N) is 4. The monoisotopic (exact) mass is 250 g/mol. The molecular formula is C9H10N6O3. The Morgan fingerprint density at radius 1 is 1.50 bits per heavy atom. The molecule has 2 rings (SSSR count). The number of nitrogens with two attached hydrogens (primary N) is 1. The average Bonchev–Trinajstić information content (AvgIpc) is 2.74. The Labute approximate surface area is 101 Å². The normalized spacial score (nSPS) is 10.1. The number of hydrogen-bond acceptors (Lipinski definition) is 7. The van der Waals surface area contributed by atoms with Gasteiger partial charge in [-0.05, 0) is 0 Å². The van der Waals surface area contributed by atoms with Crippen molar-refractivity contribution in [3.05, 3.63) is 34.6 Å². The van der Waals surface area contributed by atoms with E-state index < -0.39 is 4.92 Å². The van der Waals surface area contributed by atoms with Crippen molar-refractivity contribution in [2.45, 2.75) is 0 Å². The summed E-state index contributed by atoms with van der Waals surface area (Å²) in [5.41, 5.74) is 2.54. The Bertz CT molecular complexity index is 581. The SMILES string of the molecule is Cn1cnc(Oc2cc(NN)cc([N+](=O)[O-])c2)n1. The van der Waals surface area contributed by atoms with Gasteiger partial charge in [-0.3, -0.25) is 20.6 Å². The van der Waals surface area contributed by atoms with E-state index in [-0.39, 0.29) is 17.4 Å². The second-order valence-electron chi connectivity index (χ2n) is 3.42. The van der Waals surface area contributed by atoms with E-state index in [1.54, 1.807) is 7.05 Å². The molecule has 1 aromatic carbocycles. The molecule has 0 radical (unpaired) electrons. The van der Waals surface area contributed by atoms with Crippen LogP contribution in [0, 0.1) is 10.1 Å². The number of hydrogen-bond donors (Lipinski definition) is 2. The quantitative estimate of drug-likeness (QED) is 0.467. The van der Waals surface area contributed by atoms with Crippen molar-refractivity contribution in [3.63, 3.8) is 0 Å². The summed E-state index contributed by atoms with van der Waals surface area (Å²) in [6.07, 6.45) is 1.45. The fourth-order valence-electron chi connectivity index (χ4n) is 1.30. The van der Waals surface area contributed by atoms with Crippen molar-refractivity contribution < 1.29 is 9.66 Å². The van der Waals surface area contributed by atoms with E-state index in [0.717, 1.165) is 0 Å². The number of non-ortho nitro benzene ring substituents is 1. The van der Waals surface area contributed by atoms with Crippen LogP contribution in [0.5, 0.6) is 11.8 Å². The van der Waals surface area contributed by atoms with Crippen LogP contribution < -0.4 is 16.0 Å². The molecule has 2 aromatic rings. The summed E-state index contributed by atoms with van der Waals surface area (Å²) in [5.74, 6) is 5.45. The van der Waals surface area contributed by atoms with E-state index >= 15 is 0 Å². The molecule has 0 fully saturated rings. The summed E-state index contributed by atoms with van der Waals surface area (Å²) in [7, 11) is 1.68. The zero-order valence-corrected chi connectivity index (χ0v) is 9.40. The Morgan fingerprint density at radius 2 is 2.28 bits per heavy atom. The van der Waals surface area contributed by atoms with Crippen molar-refractivity contribution in [2.75, 3.05) is 5.43 Å². The van der Waals surface area contributed by atoms with Crippen LogP contribution >= 0.6 is 0 Å². The highest BCUT2D eigenvalue weighted by Gasteiger charge is 2.12. The van der Waals surface area contributed by atoms with Gasteiger partial charge in [0, 0.05) is 19.2 Å². The zero-order chi connectivity index (χ0) is 13.1. The maximum absolute atomic E-state index is 10.7. The molecule has 18 heavy (non-hydrogen) atoms. The van der Waals surface area contributed by atoms with E-state index in [1.165, 1.54) is 29.2 Å². The summed E-state index contributed by atoms with van der Waals surface area (Å²) in [5, 5.41) is 14.6. The van der Waals surface area contributed by atoms with Gasteiger partial charge < -0.3 is 10.2 Å². The van der Waals surface area contributed by atoms with Gasteiger partial charge in [-0.25, -0.2) is 0 Å². The van der Waals surface area contributed by atoms with Gasteiger partial charge in [0.25, 0.3) is 5.69 Å². The Kier molecular flexibility index (Phi) is 3.06. The van der Waals surface area contributed by atoms with Crippen LogP contribution in [-0.4, -0.2) is 19.7 Å². The molecule has 0 saturated heterocycles. The molecule has 0 bridgehead atoms. The van der Waals surface area contributed by atoms with Gasteiger partial charge in [-0.15, -0.1) is 5.10 Å². The molecule has 0 spiro atoms. The molecule has 1 aromatic heterocycles. The molecule has 0 aliphatic carbocycles. The third-order valence-corrected chi connectivity index (χ3v) is 2.06. The first-order valence-corrected chi connectivity index (χ1v) is 4.88. The number of nitrogens with one attached hydrogen (secondary N) is 1. The van der Waals surface area contributed by atoms with Crippen molar-refractivity contribution >= 4 is 11.4 Å². The first-order chi connectivity index (χ1) is 8.58. The minimum absolute atomic E-state index is 0.0981. The van der Waals surface area contributed by atoms with E-state index in [1.807, 2.05) is 0 Å². The Hall–Kier alpha value is -2.68. The lowest BCUT2D eigenvalue weighted by atomic mass is 10.2. The number of anilines is 1. The van der Waals surface area contributed by atoms with Gasteiger partial charge in [-0.1, -0.05) is 0 Å². The predicted molar refractivity (Wildman–Crippen MR) is 62.0 cm³/mol. The molecule has 0 unspecified atom stereocenters. The van der Waals surface area contributed by atoms with Crippen molar-refractivity contribution in [1.82, 2.24) is 14.8 Å². The molecule has 9 nitrogen and oxygen atoms in total. The first-order valence-electron chi connectivity index (χ1n) is 4.88. The molecule has 9 heteroatoms. The standard InChI is InChI=1S/C9H10N6O3/c1-14-5-11-9(13-14)18-8-3-6(12-10)2-7(4-8)15(16)17/h2-5,12H,10H2,1H3. The van der Waals surface area contributed by atoms with Crippen molar-refractivity contribution in [2.24, 2.45) is 12.9 Å². The summed E-state index contributed by atoms with van der Waals surface area (Å²) in [6, 6.07) is 4.15. The molecule has 0 amide bonds. The topological polar surface area (TPSA) is 121 Å². The number of nitro benzene ring substituents is 1. The number of aryl methyl sites for hydroxylation is 1. The van der Waals surface area contributed by atoms with Gasteiger partial charge in [0.1, 0.15) is 12.1 Å². The van der Waals surface area contributed by atoms with Crippen molar-refractivity contribution in [3.8, 4) is 11.8 Å². The highest BCUT2D eigenvalue weighted by Crippen LogP contribution is 2.27. The van der Waals surface area contributed by atoms with Gasteiger partial charge in [0.15, 0.2) is 0 Å². The van der Waals surface area contributed by atoms with Crippen LogP contribution in [0.2, 0.25) is 0 Å². The fraction of sp³-hybridized carbons (Fsp3) is 0.111. The van der Waals surface area contributed by atoms with Crippen molar-refractivity contribution in [1.29, 1.82) is 0 Å². The third kappa shape index (κ3) is 2.52. The lowest BCUT2D eigenvalue weighted by molar-refractivity contribution is -0.384. The van der Waals surface area contributed by atoms with Gasteiger partial charge in [-0.2, -0.15) is 4.98 Å². The van der Waals surface area contributed by atoms with Crippen LogP contribution in [0.15, 0.2) is 24.5 Å². The number of aromatic nitrogens is 3. The average molecular weight is 250 g/mol. The third-order valence-electron chi connectivity index (χ3n) is 2.06. The minimum Gasteiger partial charge on any atom is -0.423 e. The molecule has 0 atom stereocenters. The molecule has 0 saturated carbocycles. The lowest BCUT2D eigenvalue weighted by Gasteiger charge is -2.04. The van der Waals surface area contributed by atoms with Crippen LogP contribution in [-0.2, 0) is 7.05 Å². The maximum Gasteiger partial charge on any atom is 0.340 e. The van der Waals surface area contributed by atoms with Crippen LogP contribution in [0.1, 0.15) is 0 Å². The van der Waals surface area contributed by atoms with Gasteiger partial charge in [0.05, 0.1) is 16.7 Å². The van der Waals surface area contributed by atoms with E-state index in [2.05, 4.69) is 15.5 Å². The van der Waals surface area contributed by atoms with E-state index in [9.17, 15) is 10.1 Å². The molecule has 94 valence electrons. The van der Waals surface area contributed by atoms with E-state index in [4.69, 9.17) is 10.6 Å². The molecule has 1 heterocycles. The number of benzene rings is 1. The first kappa shape index (κ1) is 11.8. The smallest absolute Gasteiger partial charge is 0.340 e. The van der Waals surface area contributed by atoms with Gasteiger partial charge in [0.2, 0.25) is 0 Å². The summed E-state index contributed by atoms with van der Waals surface area (Å²) in [4.78, 5) is 14.0. The Balaban J connectivity index is 2.32. The molecule has 3 N–H and O–H groups in total. The molecular weight excluding hydrogens is 240 g/mol. The summed E-state index contributed by atoms with van der Waals surface area (Å²) >= 11 is 0. The highest BCUT2D eigenvalue weighted by molar-refractivity contribution is 5.56. The van der Waals surface area contributed by atoms with Gasteiger partial charge >= 0.3 is 6.01 Å². The maximum atomic E-state index is 10.7. The highest BCUT2D eigenvalue weighted by atomic mass is 16.6. The van der Waals surface area contributed by atoms with E-state index in [0.29, 0.717) is 5.69 Å². The summed E-state index contributed by atoms with van der Waals surface area (Å²) in [6.45, 7) is 0. The number of ether oxygens (including phenoxy) is 1. The molecule has 0 aliphatic heterocycles. The number of nitrogen functional groups attached to an aromatic ring is 1.